The van der Waals surface area contributed by atoms with Crippen molar-refractivity contribution in [3.8, 4) is 6.07 Å². The van der Waals surface area contributed by atoms with Gasteiger partial charge in [-0.05, 0) is 23.8 Å². The van der Waals surface area contributed by atoms with Crippen molar-refractivity contribution in [2.24, 2.45) is 0 Å². The molecule has 0 saturated heterocycles. The monoisotopic (exact) mass is 270 g/mol. The lowest BCUT2D eigenvalue weighted by Crippen LogP contribution is -2.02. The van der Waals surface area contributed by atoms with E-state index in [1.165, 1.54) is 6.20 Å². The van der Waals surface area contributed by atoms with Gasteiger partial charge in [-0.1, -0.05) is 0 Å². The van der Waals surface area contributed by atoms with Crippen LogP contribution in [0.1, 0.15) is 17.0 Å². The molecule has 0 aliphatic carbocycles. The fourth-order valence-electron chi connectivity index (χ4n) is 2.03. The predicted molar refractivity (Wildman–Crippen MR) is 66.9 cm³/mol. The number of imidazole rings is 1. The molecule has 2 aromatic heterocycles. The molecule has 0 radical (unpaired) electrons. The van der Waals surface area contributed by atoms with Crippen LogP contribution in [-0.2, 0) is 6.42 Å². The maximum absolute atomic E-state index is 13.7. The number of fused-ring (bicyclic) bond motifs is 1. The Morgan fingerprint density at radius 1 is 1.30 bits per heavy atom. The third-order valence-electron chi connectivity index (χ3n) is 2.92. The van der Waals surface area contributed by atoms with E-state index < -0.39 is 11.6 Å². The highest BCUT2D eigenvalue weighted by atomic mass is 19.1. The Bertz CT molecular complexity index is 833. The Morgan fingerprint density at radius 3 is 2.95 bits per heavy atom. The molecule has 0 amide bonds. The van der Waals surface area contributed by atoms with Crippen LogP contribution in [0.3, 0.4) is 0 Å². The standard InChI is InChI=1S/C14H8F2N4/c15-10-1-2-12(16)9(5-10)6-13-14-18-3-4-20(14)8-11(7-17)19-13/h1-5,8H,6H2. The molecule has 0 bridgehead atoms. The zero-order chi connectivity index (χ0) is 14.1. The lowest BCUT2D eigenvalue weighted by Gasteiger charge is -2.05. The summed E-state index contributed by atoms with van der Waals surface area (Å²) in [5, 5.41) is 8.94. The van der Waals surface area contributed by atoms with E-state index in [4.69, 9.17) is 5.26 Å². The van der Waals surface area contributed by atoms with E-state index >= 15 is 0 Å². The summed E-state index contributed by atoms with van der Waals surface area (Å²) in [5.74, 6) is -1.03. The molecular weight excluding hydrogens is 262 g/mol. The Labute approximate surface area is 112 Å². The number of benzene rings is 1. The fourth-order valence-corrected chi connectivity index (χ4v) is 2.03. The number of nitrogens with zero attached hydrogens (tertiary/aromatic N) is 4. The minimum absolute atomic E-state index is 0.0691. The average Bonchev–Trinajstić information content (AvgIpc) is 2.91. The normalized spacial score (nSPS) is 10.7. The first kappa shape index (κ1) is 12.2. The van der Waals surface area contributed by atoms with Gasteiger partial charge in [0.1, 0.15) is 17.7 Å². The zero-order valence-corrected chi connectivity index (χ0v) is 10.2. The van der Waals surface area contributed by atoms with Crippen LogP contribution in [0.5, 0.6) is 0 Å². The first-order valence-corrected chi connectivity index (χ1v) is 5.84. The van der Waals surface area contributed by atoms with Gasteiger partial charge in [-0.25, -0.2) is 18.7 Å². The smallest absolute Gasteiger partial charge is 0.158 e. The van der Waals surface area contributed by atoms with E-state index in [9.17, 15) is 8.78 Å². The van der Waals surface area contributed by atoms with E-state index in [1.54, 1.807) is 16.8 Å². The molecule has 6 heteroatoms. The first-order valence-electron chi connectivity index (χ1n) is 5.84. The number of rotatable bonds is 2. The highest BCUT2D eigenvalue weighted by molar-refractivity contribution is 5.47. The molecular formula is C14H8F2N4. The molecule has 0 atom stereocenters. The summed E-state index contributed by atoms with van der Waals surface area (Å²) in [6.45, 7) is 0. The van der Waals surface area contributed by atoms with Gasteiger partial charge >= 0.3 is 0 Å². The molecule has 0 aliphatic rings. The minimum atomic E-state index is -0.516. The maximum atomic E-state index is 13.7. The van der Waals surface area contributed by atoms with Gasteiger partial charge in [-0.2, -0.15) is 5.26 Å². The van der Waals surface area contributed by atoms with Crippen molar-refractivity contribution >= 4 is 5.65 Å². The van der Waals surface area contributed by atoms with Crippen LogP contribution in [0.4, 0.5) is 8.78 Å². The lowest BCUT2D eigenvalue weighted by atomic mass is 10.1. The summed E-state index contributed by atoms with van der Waals surface area (Å²) >= 11 is 0. The van der Waals surface area contributed by atoms with E-state index in [-0.39, 0.29) is 17.7 Å². The Morgan fingerprint density at radius 2 is 2.15 bits per heavy atom. The third kappa shape index (κ3) is 2.10. The van der Waals surface area contributed by atoms with Gasteiger partial charge in [0.15, 0.2) is 11.3 Å². The summed E-state index contributed by atoms with van der Waals surface area (Å²) in [4.78, 5) is 8.24. The summed E-state index contributed by atoms with van der Waals surface area (Å²) in [6.07, 6.45) is 4.83. The molecule has 1 aromatic carbocycles. The van der Waals surface area contributed by atoms with E-state index in [2.05, 4.69) is 9.97 Å². The second-order valence-electron chi connectivity index (χ2n) is 4.26. The van der Waals surface area contributed by atoms with Crippen LogP contribution >= 0.6 is 0 Å². The van der Waals surface area contributed by atoms with Gasteiger partial charge in [-0.15, -0.1) is 0 Å². The SMILES string of the molecule is N#Cc1cn2ccnc2c(Cc2cc(F)ccc2F)n1. The second-order valence-corrected chi connectivity index (χ2v) is 4.26. The summed E-state index contributed by atoms with van der Waals surface area (Å²) in [7, 11) is 0. The lowest BCUT2D eigenvalue weighted by molar-refractivity contribution is 0.588. The maximum Gasteiger partial charge on any atom is 0.158 e. The van der Waals surface area contributed by atoms with Gasteiger partial charge in [0.05, 0.1) is 5.69 Å². The molecule has 0 unspecified atom stereocenters. The fraction of sp³-hybridized carbons (Fsp3) is 0.0714. The predicted octanol–water partition coefficient (Wildman–Crippen LogP) is 2.47. The van der Waals surface area contributed by atoms with Gasteiger partial charge in [-0.3, -0.25) is 0 Å². The topological polar surface area (TPSA) is 54.0 Å². The highest BCUT2D eigenvalue weighted by Crippen LogP contribution is 2.17. The molecule has 4 nitrogen and oxygen atoms in total. The second kappa shape index (κ2) is 4.70. The van der Waals surface area contributed by atoms with Crippen LogP contribution in [0, 0.1) is 23.0 Å². The Kier molecular flexibility index (Phi) is 2.88. The molecule has 0 N–H and O–H groups in total. The Hall–Kier alpha value is -2.81. The van der Waals surface area contributed by atoms with E-state index in [1.807, 2.05) is 6.07 Å². The van der Waals surface area contributed by atoms with Crippen molar-refractivity contribution in [1.29, 1.82) is 5.26 Å². The molecule has 20 heavy (non-hydrogen) atoms. The third-order valence-corrected chi connectivity index (χ3v) is 2.92. The highest BCUT2D eigenvalue weighted by Gasteiger charge is 2.11. The van der Waals surface area contributed by atoms with Crippen molar-refractivity contribution in [3.05, 3.63) is 65.4 Å². The summed E-state index contributed by atoms with van der Waals surface area (Å²) in [6, 6.07) is 5.18. The van der Waals surface area contributed by atoms with Gasteiger partial charge < -0.3 is 4.40 Å². The number of hydrogen-bond donors (Lipinski definition) is 0. The van der Waals surface area contributed by atoms with Crippen LogP contribution < -0.4 is 0 Å². The average molecular weight is 270 g/mol. The van der Waals surface area contributed by atoms with Crippen LogP contribution in [-0.4, -0.2) is 14.4 Å². The van der Waals surface area contributed by atoms with Crippen LogP contribution in [0.25, 0.3) is 5.65 Å². The molecule has 0 spiro atoms. The van der Waals surface area contributed by atoms with E-state index in [0.29, 0.717) is 11.3 Å². The van der Waals surface area contributed by atoms with Gasteiger partial charge in [0.25, 0.3) is 0 Å². The molecule has 0 fully saturated rings. The van der Waals surface area contributed by atoms with Gasteiger partial charge in [0, 0.05) is 25.0 Å². The van der Waals surface area contributed by atoms with Crippen LogP contribution in [0.2, 0.25) is 0 Å². The zero-order valence-electron chi connectivity index (χ0n) is 10.2. The summed E-state index contributed by atoms with van der Waals surface area (Å²) < 4.78 is 28.5. The summed E-state index contributed by atoms with van der Waals surface area (Å²) in [5.41, 5.74) is 1.33. The quantitative estimate of drug-likeness (QED) is 0.718. The van der Waals surface area contributed by atoms with Gasteiger partial charge in [0.2, 0.25) is 0 Å². The number of nitriles is 1. The van der Waals surface area contributed by atoms with Crippen molar-refractivity contribution in [2.45, 2.75) is 6.42 Å². The van der Waals surface area contributed by atoms with Crippen molar-refractivity contribution < 1.29 is 8.78 Å². The molecule has 2 heterocycles. The molecule has 98 valence electrons. The first-order chi connectivity index (χ1) is 9.67. The van der Waals surface area contributed by atoms with Crippen molar-refractivity contribution in [2.75, 3.05) is 0 Å². The molecule has 3 rings (SSSR count). The number of halogens is 2. The largest absolute Gasteiger partial charge is 0.303 e. The molecule has 3 aromatic rings. The van der Waals surface area contributed by atoms with Crippen molar-refractivity contribution in [3.63, 3.8) is 0 Å². The molecule has 0 saturated carbocycles. The minimum Gasteiger partial charge on any atom is -0.303 e. The molecule has 0 aliphatic heterocycles. The number of hydrogen-bond acceptors (Lipinski definition) is 3. The number of aromatic nitrogens is 3. The van der Waals surface area contributed by atoms with Crippen LogP contribution in [0.15, 0.2) is 36.8 Å². The van der Waals surface area contributed by atoms with E-state index in [0.717, 1.165) is 18.2 Å². The Balaban J connectivity index is 2.12. The van der Waals surface area contributed by atoms with Crippen molar-refractivity contribution in [1.82, 2.24) is 14.4 Å².